The van der Waals surface area contributed by atoms with E-state index >= 15 is 0 Å². The Bertz CT molecular complexity index is 137. The lowest BCUT2D eigenvalue weighted by Crippen LogP contribution is -2.14. The lowest BCUT2D eigenvalue weighted by molar-refractivity contribution is 0.431. The molecule has 12 heavy (non-hydrogen) atoms. The van der Waals surface area contributed by atoms with Crippen LogP contribution in [0.5, 0.6) is 0 Å². The Morgan fingerprint density at radius 3 is 2.25 bits per heavy atom. The molecule has 0 aliphatic carbocycles. The zero-order valence-corrected chi connectivity index (χ0v) is 9.09. The van der Waals surface area contributed by atoms with Crippen molar-refractivity contribution in [3.8, 4) is 0 Å². The van der Waals surface area contributed by atoms with Crippen molar-refractivity contribution >= 4 is 5.71 Å². The molecule has 0 aromatic rings. The second-order valence-electron chi connectivity index (χ2n) is 3.70. The number of rotatable bonds is 5. The van der Waals surface area contributed by atoms with Crippen LogP contribution in [0.2, 0.25) is 0 Å². The van der Waals surface area contributed by atoms with Gasteiger partial charge in [-0.2, -0.15) is 5.10 Å². The van der Waals surface area contributed by atoms with Gasteiger partial charge in [0.2, 0.25) is 0 Å². The van der Waals surface area contributed by atoms with Crippen LogP contribution in [0.25, 0.3) is 0 Å². The third-order valence-corrected chi connectivity index (χ3v) is 1.78. The van der Waals surface area contributed by atoms with E-state index in [1.807, 2.05) is 19.1 Å². The van der Waals surface area contributed by atoms with Crippen LogP contribution in [0.15, 0.2) is 5.10 Å². The predicted octanol–water partition coefficient (Wildman–Crippen LogP) is 2.75. The summed E-state index contributed by atoms with van der Waals surface area (Å²) < 4.78 is 0. The van der Waals surface area contributed by atoms with Gasteiger partial charge >= 0.3 is 0 Å². The Kier molecular flexibility index (Phi) is 5.77. The normalized spacial score (nSPS) is 12.3. The van der Waals surface area contributed by atoms with Crippen LogP contribution in [0, 0.1) is 5.92 Å². The van der Waals surface area contributed by atoms with Crippen LogP contribution < -0.4 is 0 Å². The van der Waals surface area contributed by atoms with Gasteiger partial charge in [0.15, 0.2) is 0 Å². The van der Waals surface area contributed by atoms with Gasteiger partial charge in [-0.25, -0.2) is 0 Å². The van der Waals surface area contributed by atoms with Crippen molar-refractivity contribution in [3.63, 3.8) is 0 Å². The van der Waals surface area contributed by atoms with Gasteiger partial charge in [0.05, 0.1) is 0 Å². The van der Waals surface area contributed by atoms with Crippen molar-refractivity contribution in [2.75, 3.05) is 14.1 Å². The molecule has 0 bridgehead atoms. The lowest BCUT2D eigenvalue weighted by Gasteiger charge is -2.13. The summed E-state index contributed by atoms with van der Waals surface area (Å²) in [6.07, 6.45) is 3.65. The maximum atomic E-state index is 4.46. The van der Waals surface area contributed by atoms with E-state index in [4.69, 9.17) is 0 Å². The van der Waals surface area contributed by atoms with Gasteiger partial charge in [0.25, 0.3) is 0 Å². The Morgan fingerprint density at radius 2 is 1.92 bits per heavy atom. The number of hydrogen-bond acceptors (Lipinski definition) is 2. The first-order chi connectivity index (χ1) is 5.57. The van der Waals surface area contributed by atoms with E-state index in [0.717, 1.165) is 6.42 Å². The number of unbranched alkanes of at least 4 members (excludes halogenated alkanes) is 1. The van der Waals surface area contributed by atoms with Gasteiger partial charge in [-0.15, -0.1) is 0 Å². The molecule has 0 unspecified atom stereocenters. The van der Waals surface area contributed by atoms with Crippen molar-refractivity contribution < 1.29 is 0 Å². The molecular weight excluding hydrogens is 148 g/mol. The minimum Gasteiger partial charge on any atom is -0.303 e. The van der Waals surface area contributed by atoms with E-state index in [1.54, 1.807) is 0 Å². The first-order valence-electron chi connectivity index (χ1n) is 4.82. The van der Waals surface area contributed by atoms with E-state index in [1.165, 1.54) is 18.6 Å². The SMILES string of the molecule is CCCC/C(=N/N(C)C)C(C)C. The van der Waals surface area contributed by atoms with Crippen molar-refractivity contribution in [3.05, 3.63) is 0 Å². The standard InChI is InChI=1S/C10H22N2/c1-6-7-8-10(9(2)3)11-12(4)5/h9H,6-8H2,1-5H3/b11-10-. The van der Waals surface area contributed by atoms with E-state index in [-0.39, 0.29) is 0 Å². The Labute approximate surface area is 76.6 Å². The average Bonchev–Trinajstić information content (AvgIpc) is 1.96. The first kappa shape index (κ1) is 11.5. The van der Waals surface area contributed by atoms with Gasteiger partial charge in [0, 0.05) is 19.8 Å². The highest BCUT2D eigenvalue weighted by Crippen LogP contribution is 2.06. The summed E-state index contributed by atoms with van der Waals surface area (Å²) in [6, 6.07) is 0. The third-order valence-electron chi connectivity index (χ3n) is 1.78. The number of hydrogen-bond donors (Lipinski definition) is 0. The first-order valence-corrected chi connectivity index (χ1v) is 4.82. The van der Waals surface area contributed by atoms with E-state index < -0.39 is 0 Å². The third kappa shape index (κ3) is 5.16. The van der Waals surface area contributed by atoms with E-state index in [9.17, 15) is 0 Å². The number of nitrogens with zero attached hydrogens (tertiary/aromatic N) is 2. The molecule has 0 aromatic carbocycles. The molecule has 0 spiro atoms. The fraction of sp³-hybridized carbons (Fsp3) is 0.900. The van der Waals surface area contributed by atoms with Crippen LogP contribution in [0.1, 0.15) is 40.0 Å². The molecule has 0 rings (SSSR count). The summed E-state index contributed by atoms with van der Waals surface area (Å²) in [5, 5.41) is 6.36. The van der Waals surface area contributed by atoms with Crippen LogP contribution in [-0.4, -0.2) is 24.8 Å². The minimum absolute atomic E-state index is 0.582. The van der Waals surface area contributed by atoms with Gasteiger partial charge in [-0.05, 0) is 18.8 Å². The van der Waals surface area contributed by atoms with Gasteiger partial charge in [0.1, 0.15) is 0 Å². The molecule has 0 fully saturated rings. The average molecular weight is 170 g/mol. The molecule has 2 heteroatoms. The lowest BCUT2D eigenvalue weighted by atomic mass is 10.0. The van der Waals surface area contributed by atoms with Crippen LogP contribution in [0.3, 0.4) is 0 Å². The summed E-state index contributed by atoms with van der Waals surface area (Å²) >= 11 is 0. The number of hydrazone groups is 1. The molecule has 0 aliphatic rings. The smallest absolute Gasteiger partial charge is 0.0405 e. The summed E-state index contributed by atoms with van der Waals surface area (Å²) in [5.74, 6) is 0.582. The van der Waals surface area contributed by atoms with E-state index in [0.29, 0.717) is 5.92 Å². The summed E-state index contributed by atoms with van der Waals surface area (Å²) in [5.41, 5.74) is 1.32. The molecule has 0 amide bonds. The monoisotopic (exact) mass is 170 g/mol. The maximum absolute atomic E-state index is 4.46. The second kappa shape index (κ2) is 6.04. The second-order valence-corrected chi connectivity index (χ2v) is 3.70. The highest BCUT2D eigenvalue weighted by Gasteiger charge is 2.04. The van der Waals surface area contributed by atoms with E-state index in [2.05, 4.69) is 25.9 Å². The highest BCUT2D eigenvalue weighted by atomic mass is 15.4. The Morgan fingerprint density at radius 1 is 1.33 bits per heavy atom. The van der Waals surface area contributed by atoms with Crippen LogP contribution >= 0.6 is 0 Å². The van der Waals surface area contributed by atoms with Crippen LogP contribution in [-0.2, 0) is 0 Å². The molecule has 0 saturated carbocycles. The van der Waals surface area contributed by atoms with Crippen molar-refractivity contribution in [1.29, 1.82) is 0 Å². The zero-order valence-electron chi connectivity index (χ0n) is 9.09. The molecule has 0 saturated heterocycles. The largest absolute Gasteiger partial charge is 0.303 e. The molecule has 0 radical (unpaired) electrons. The van der Waals surface area contributed by atoms with Crippen LogP contribution in [0.4, 0.5) is 0 Å². The van der Waals surface area contributed by atoms with Gasteiger partial charge < -0.3 is 5.01 Å². The Balaban J connectivity index is 4.04. The molecule has 72 valence electrons. The fourth-order valence-corrected chi connectivity index (χ4v) is 1.07. The van der Waals surface area contributed by atoms with Gasteiger partial charge in [-0.3, -0.25) is 0 Å². The fourth-order valence-electron chi connectivity index (χ4n) is 1.07. The summed E-state index contributed by atoms with van der Waals surface area (Å²) in [6.45, 7) is 6.63. The Hall–Kier alpha value is -0.530. The molecule has 2 nitrogen and oxygen atoms in total. The molecule has 0 atom stereocenters. The van der Waals surface area contributed by atoms with Crippen molar-refractivity contribution in [2.45, 2.75) is 40.0 Å². The molecular formula is C10H22N2. The molecule has 0 N–H and O–H groups in total. The summed E-state index contributed by atoms with van der Waals surface area (Å²) in [7, 11) is 3.96. The molecule has 0 heterocycles. The maximum Gasteiger partial charge on any atom is 0.0405 e. The highest BCUT2D eigenvalue weighted by molar-refractivity contribution is 5.85. The topological polar surface area (TPSA) is 15.6 Å². The van der Waals surface area contributed by atoms with Crippen molar-refractivity contribution in [1.82, 2.24) is 5.01 Å². The predicted molar refractivity (Wildman–Crippen MR) is 55.5 cm³/mol. The minimum atomic E-state index is 0.582. The molecule has 0 aliphatic heterocycles. The van der Waals surface area contributed by atoms with Crippen molar-refractivity contribution in [2.24, 2.45) is 11.0 Å². The zero-order chi connectivity index (χ0) is 9.56. The summed E-state index contributed by atoms with van der Waals surface area (Å²) in [4.78, 5) is 0. The van der Waals surface area contributed by atoms with Gasteiger partial charge in [-0.1, -0.05) is 27.2 Å². The quantitative estimate of drug-likeness (QED) is 0.457. The molecule has 0 aromatic heterocycles.